The SMILES string of the molecule is CC(C)SCC(=O)Nc1sccc1C(=O)O. The molecule has 4 nitrogen and oxygen atoms in total. The zero-order chi connectivity index (χ0) is 12.1. The van der Waals surface area contributed by atoms with E-state index in [4.69, 9.17) is 5.11 Å². The van der Waals surface area contributed by atoms with Gasteiger partial charge in [0, 0.05) is 0 Å². The predicted molar refractivity (Wildman–Crippen MR) is 67.5 cm³/mol. The van der Waals surface area contributed by atoms with Crippen LogP contribution in [0, 0.1) is 0 Å². The van der Waals surface area contributed by atoms with Crippen LogP contribution in [0.25, 0.3) is 0 Å². The van der Waals surface area contributed by atoms with Crippen molar-refractivity contribution in [2.75, 3.05) is 11.1 Å². The summed E-state index contributed by atoms with van der Waals surface area (Å²) in [6, 6.07) is 1.48. The van der Waals surface area contributed by atoms with Crippen molar-refractivity contribution >= 4 is 40.0 Å². The number of carbonyl (C=O) groups excluding carboxylic acids is 1. The Morgan fingerprint density at radius 3 is 2.81 bits per heavy atom. The number of rotatable bonds is 5. The number of amides is 1. The highest BCUT2D eigenvalue weighted by Gasteiger charge is 2.13. The Kier molecular flexibility index (Phi) is 4.82. The number of hydrogen-bond acceptors (Lipinski definition) is 4. The Morgan fingerprint density at radius 1 is 1.56 bits per heavy atom. The predicted octanol–water partition coefficient (Wildman–Crippen LogP) is 2.53. The van der Waals surface area contributed by atoms with Crippen LogP contribution < -0.4 is 5.32 Å². The molecule has 0 atom stereocenters. The lowest BCUT2D eigenvalue weighted by Crippen LogP contribution is -2.16. The number of thioether (sulfide) groups is 1. The Balaban J connectivity index is 2.56. The van der Waals surface area contributed by atoms with Gasteiger partial charge in [-0.1, -0.05) is 13.8 Å². The molecule has 1 rings (SSSR count). The summed E-state index contributed by atoms with van der Waals surface area (Å²) in [4.78, 5) is 22.3. The van der Waals surface area contributed by atoms with Gasteiger partial charge in [-0.05, 0) is 16.7 Å². The minimum atomic E-state index is -1.02. The number of carbonyl (C=O) groups is 2. The van der Waals surface area contributed by atoms with Crippen LogP contribution in [0.3, 0.4) is 0 Å². The average Bonchev–Trinajstić information content (AvgIpc) is 2.62. The minimum absolute atomic E-state index is 0.146. The molecule has 88 valence electrons. The summed E-state index contributed by atoms with van der Waals surface area (Å²) >= 11 is 2.74. The van der Waals surface area contributed by atoms with Gasteiger partial charge in [-0.3, -0.25) is 4.79 Å². The largest absolute Gasteiger partial charge is 0.478 e. The van der Waals surface area contributed by atoms with E-state index in [0.29, 0.717) is 16.0 Å². The molecule has 1 heterocycles. The number of anilines is 1. The average molecular weight is 259 g/mol. The van der Waals surface area contributed by atoms with E-state index in [0.717, 1.165) is 0 Å². The highest BCUT2D eigenvalue weighted by molar-refractivity contribution is 8.00. The topological polar surface area (TPSA) is 66.4 Å². The molecule has 0 aromatic carbocycles. The Labute approximate surface area is 102 Å². The van der Waals surface area contributed by atoms with Crippen LogP contribution in [0.2, 0.25) is 0 Å². The monoisotopic (exact) mass is 259 g/mol. The summed E-state index contributed by atoms with van der Waals surface area (Å²) in [6.45, 7) is 4.01. The van der Waals surface area contributed by atoms with E-state index < -0.39 is 5.97 Å². The van der Waals surface area contributed by atoms with Crippen LogP contribution >= 0.6 is 23.1 Å². The van der Waals surface area contributed by atoms with Crippen LogP contribution in [0.1, 0.15) is 24.2 Å². The van der Waals surface area contributed by atoms with E-state index in [-0.39, 0.29) is 11.5 Å². The Hall–Kier alpha value is -1.01. The molecule has 6 heteroatoms. The fourth-order valence-corrected chi connectivity index (χ4v) is 2.33. The molecule has 2 N–H and O–H groups in total. The number of aromatic carboxylic acids is 1. The molecule has 0 aliphatic heterocycles. The number of thiophene rings is 1. The number of carboxylic acids is 1. The highest BCUT2D eigenvalue weighted by Crippen LogP contribution is 2.23. The van der Waals surface area contributed by atoms with Gasteiger partial charge >= 0.3 is 5.97 Å². The summed E-state index contributed by atoms with van der Waals surface area (Å²) < 4.78 is 0. The second-order valence-electron chi connectivity index (χ2n) is 3.38. The normalized spacial score (nSPS) is 10.4. The van der Waals surface area contributed by atoms with E-state index in [9.17, 15) is 9.59 Å². The first-order valence-electron chi connectivity index (χ1n) is 4.73. The maximum absolute atomic E-state index is 11.5. The van der Waals surface area contributed by atoms with Crippen molar-refractivity contribution in [2.24, 2.45) is 0 Å². The fourth-order valence-electron chi connectivity index (χ4n) is 0.980. The Bertz CT molecular complexity index is 387. The van der Waals surface area contributed by atoms with E-state index in [1.807, 2.05) is 13.8 Å². The van der Waals surface area contributed by atoms with Crippen LogP contribution in [0.5, 0.6) is 0 Å². The van der Waals surface area contributed by atoms with E-state index in [1.54, 1.807) is 5.38 Å². The molecule has 1 aromatic heterocycles. The highest BCUT2D eigenvalue weighted by atomic mass is 32.2. The van der Waals surface area contributed by atoms with Crippen LogP contribution in [0.15, 0.2) is 11.4 Å². The summed E-state index contributed by atoms with van der Waals surface area (Å²) in [5.74, 6) is -0.842. The maximum atomic E-state index is 11.5. The molecule has 0 fully saturated rings. The minimum Gasteiger partial charge on any atom is -0.478 e. The van der Waals surface area contributed by atoms with Crippen molar-refractivity contribution in [2.45, 2.75) is 19.1 Å². The summed E-state index contributed by atoms with van der Waals surface area (Å²) in [5, 5.41) is 13.9. The molecule has 1 amide bonds. The lowest BCUT2D eigenvalue weighted by Gasteiger charge is -2.05. The molecular formula is C10H13NO3S2. The molecule has 0 saturated heterocycles. The van der Waals surface area contributed by atoms with Crippen molar-refractivity contribution in [3.05, 3.63) is 17.0 Å². The molecule has 0 aliphatic rings. The van der Waals surface area contributed by atoms with Crippen molar-refractivity contribution in [3.63, 3.8) is 0 Å². The summed E-state index contributed by atoms with van der Waals surface area (Å²) in [7, 11) is 0. The Morgan fingerprint density at radius 2 is 2.25 bits per heavy atom. The second-order valence-corrected chi connectivity index (χ2v) is 5.86. The first-order chi connectivity index (χ1) is 7.50. The zero-order valence-corrected chi connectivity index (χ0v) is 10.7. The standard InChI is InChI=1S/C10H13NO3S2/c1-6(2)16-5-8(12)11-9-7(10(13)14)3-4-15-9/h3-4,6H,5H2,1-2H3,(H,11,12)(H,13,14). The van der Waals surface area contributed by atoms with Crippen molar-refractivity contribution < 1.29 is 14.7 Å². The summed E-state index contributed by atoms with van der Waals surface area (Å²) in [5.41, 5.74) is 0.146. The van der Waals surface area contributed by atoms with Gasteiger partial charge in [-0.25, -0.2) is 4.79 Å². The van der Waals surface area contributed by atoms with Gasteiger partial charge in [-0.2, -0.15) is 0 Å². The van der Waals surface area contributed by atoms with Crippen LogP contribution in [-0.2, 0) is 4.79 Å². The third kappa shape index (κ3) is 3.86. The van der Waals surface area contributed by atoms with E-state index >= 15 is 0 Å². The first kappa shape index (κ1) is 13.1. The molecule has 0 aliphatic carbocycles. The van der Waals surface area contributed by atoms with Gasteiger partial charge in [0.05, 0.1) is 11.3 Å². The van der Waals surface area contributed by atoms with Gasteiger partial charge < -0.3 is 10.4 Å². The number of nitrogens with one attached hydrogen (secondary N) is 1. The quantitative estimate of drug-likeness (QED) is 0.852. The van der Waals surface area contributed by atoms with Gasteiger partial charge in [0.15, 0.2) is 0 Å². The molecule has 0 bridgehead atoms. The fraction of sp³-hybridized carbons (Fsp3) is 0.400. The van der Waals surface area contributed by atoms with Gasteiger partial charge in [0.1, 0.15) is 5.00 Å². The van der Waals surface area contributed by atoms with Gasteiger partial charge in [0.2, 0.25) is 5.91 Å². The molecule has 0 radical (unpaired) electrons. The molecule has 0 unspecified atom stereocenters. The first-order valence-corrected chi connectivity index (χ1v) is 6.65. The van der Waals surface area contributed by atoms with E-state index in [2.05, 4.69) is 5.32 Å². The van der Waals surface area contributed by atoms with Gasteiger partial charge in [-0.15, -0.1) is 23.1 Å². The molecule has 16 heavy (non-hydrogen) atoms. The van der Waals surface area contributed by atoms with Crippen molar-refractivity contribution in [3.8, 4) is 0 Å². The smallest absolute Gasteiger partial charge is 0.338 e. The van der Waals surface area contributed by atoms with Crippen molar-refractivity contribution in [1.82, 2.24) is 0 Å². The number of carboxylic acid groups (broad SMARTS) is 1. The second kappa shape index (κ2) is 5.91. The third-order valence-electron chi connectivity index (χ3n) is 1.70. The van der Waals surface area contributed by atoms with Crippen molar-refractivity contribution in [1.29, 1.82) is 0 Å². The van der Waals surface area contributed by atoms with E-state index in [1.165, 1.54) is 29.2 Å². The maximum Gasteiger partial charge on any atom is 0.338 e. The molecular weight excluding hydrogens is 246 g/mol. The third-order valence-corrected chi connectivity index (χ3v) is 3.62. The lowest BCUT2D eigenvalue weighted by atomic mass is 10.3. The van der Waals surface area contributed by atoms with Gasteiger partial charge in [0.25, 0.3) is 0 Å². The number of hydrogen-bond donors (Lipinski definition) is 2. The summed E-state index contributed by atoms with van der Waals surface area (Å²) in [6.07, 6.45) is 0. The molecule has 1 aromatic rings. The lowest BCUT2D eigenvalue weighted by molar-refractivity contribution is -0.113. The molecule has 0 saturated carbocycles. The molecule has 0 spiro atoms. The van der Waals surface area contributed by atoms with Crippen LogP contribution in [-0.4, -0.2) is 28.0 Å². The zero-order valence-electron chi connectivity index (χ0n) is 9.02. The van der Waals surface area contributed by atoms with Crippen LogP contribution in [0.4, 0.5) is 5.00 Å².